The Balaban J connectivity index is 1.32. The van der Waals surface area contributed by atoms with Gasteiger partial charge in [-0.3, -0.25) is 4.79 Å². The molecule has 0 saturated heterocycles. The molecule has 1 heterocycles. The van der Waals surface area contributed by atoms with Crippen LogP contribution in [0, 0.1) is 0 Å². The number of carbonyl (C=O) groups excluding carboxylic acids is 1. The zero-order chi connectivity index (χ0) is 18.5. The first-order valence-electron chi connectivity index (χ1n) is 10.2. The van der Waals surface area contributed by atoms with Crippen LogP contribution in [0.4, 0.5) is 0 Å². The molecule has 5 heteroatoms. The van der Waals surface area contributed by atoms with E-state index < -0.39 is 0 Å². The number of amides is 1. The lowest BCUT2D eigenvalue weighted by Crippen LogP contribution is -2.46. The monoisotopic (exact) mass is 384 g/mol. The molecule has 144 valence electrons. The smallest absolute Gasteiger partial charge is 0.233 e. The SMILES string of the molecule is O=C(CSCc1coc(-c2ccccc2)n1)N(C1CCCC1)C1CCCC1. The highest BCUT2D eigenvalue weighted by atomic mass is 32.2. The van der Waals surface area contributed by atoms with Crippen molar-refractivity contribution in [2.45, 2.75) is 69.2 Å². The maximum absolute atomic E-state index is 13.0. The Kier molecular flexibility index (Phi) is 6.17. The van der Waals surface area contributed by atoms with Crippen molar-refractivity contribution in [3.05, 3.63) is 42.3 Å². The molecule has 2 aliphatic carbocycles. The summed E-state index contributed by atoms with van der Waals surface area (Å²) in [6, 6.07) is 10.9. The minimum atomic E-state index is 0.325. The predicted octanol–water partition coefficient (Wildman–Crippen LogP) is 5.29. The summed E-state index contributed by atoms with van der Waals surface area (Å²) in [6.07, 6.45) is 11.6. The van der Waals surface area contributed by atoms with Gasteiger partial charge in [-0.25, -0.2) is 4.98 Å². The minimum Gasteiger partial charge on any atom is -0.444 e. The molecule has 1 aromatic carbocycles. The van der Waals surface area contributed by atoms with E-state index in [1.165, 1.54) is 51.4 Å². The van der Waals surface area contributed by atoms with Crippen LogP contribution in [0.3, 0.4) is 0 Å². The highest BCUT2D eigenvalue weighted by Gasteiger charge is 2.33. The molecular weight excluding hydrogens is 356 g/mol. The van der Waals surface area contributed by atoms with Gasteiger partial charge in [0.05, 0.1) is 11.4 Å². The molecule has 2 saturated carbocycles. The van der Waals surface area contributed by atoms with Gasteiger partial charge in [0.2, 0.25) is 11.8 Å². The van der Waals surface area contributed by atoms with Crippen molar-refractivity contribution in [3.63, 3.8) is 0 Å². The summed E-state index contributed by atoms with van der Waals surface area (Å²) in [4.78, 5) is 19.8. The lowest BCUT2D eigenvalue weighted by molar-refractivity contribution is -0.133. The standard InChI is InChI=1S/C22H28N2O2S/c25-21(24(19-10-4-5-11-19)20-12-6-7-13-20)16-27-15-18-14-26-22(23-18)17-8-2-1-3-9-17/h1-3,8-9,14,19-20H,4-7,10-13,15-16H2. The molecule has 4 rings (SSSR count). The van der Waals surface area contributed by atoms with E-state index in [0.717, 1.165) is 11.3 Å². The van der Waals surface area contributed by atoms with E-state index in [1.807, 2.05) is 30.3 Å². The van der Waals surface area contributed by atoms with Gasteiger partial charge in [-0.1, -0.05) is 43.9 Å². The zero-order valence-electron chi connectivity index (χ0n) is 15.8. The minimum absolute atomic E-state index is 0.325. The Bertz CT molecular complexity index is 718. The van der Waals surface area contributed by atoms with Crippen LogP contribution in [-0.2, 0) is 10.5 Å². The molecule has 2 fully saturated rings. The van der Waals surface area contributed by atoms with Gasteiger partial charge in [0.15, 0.2) is 0 Å². The third kappa shape index (κ3) is 4.57. The van der Waals surface area contributed by atoms with Crippen LogP contribution in [0.1, 0.15) is 57.1 Å². The zero-order valence-corrected chi connectivity index (χ0v) is 16.6. The van der Waals surface area contributed by atoms with Crippen LogP contribution in [0.15, 0.2) is 41.0 Å². The van der Waals surface area contributed by atoms with Crippen molar-refractivity contribution < 1.29 is 9.21 Å². The van der Waals surface area contributed by atoms with E-state index in [2.05, 4.69) is 9.88 Å². The van der Waals surface area contributed by atoms with Gasteiger partial charge in [-0.05, 0) is 37.8 Å². The summed E-state index contributed by atoms with van der Waals surface area (Å²) in [7, 11) is 0. The third-order valence-corrected chi connectivity index (χ3v) is 6.72. The van der Waals surface area contributed by atoms with Crippen LogP contribution in [0.5, 0.6) is 0 Å². The molecule has 1 aromatic heterocycles. The van der Waals surface area contributed by atoms with Crippen molar-refractivity contribution >= 4 is 17.7 Å². The van der Waals surface area contributed by atoms with Crippen LogP contribution in [0.25, 0.3) is 11.5 Å². The quantitative estimate of drug-likeness (QED) is 0.651. The fourth-order valence-corrected chi connectivity index (χ4v) is 5.24. The molecule has 27 heavy (non-hydrogen) atoms. The van der Waals surface area contributed by atoms with Crippen molar-refractivity contribution in [1.82, 2.24) is 9.88 Å². The van der Waals surface area contributed by atoms with E-state index in [1.54, 1.807) is 18.0 Å². The van der Waals surface area contributed by atoms with Crippen LogP contribution in [0.2, 0.25) is 0 Å². The Morgan fingerprint density at radius 2 is 1.67 bits per heavy atom. The molecule has 1 amide bonds. The number of hydrogen-bond acceptors (Lipinski definition) is 4. The normalized spacial score (nSPS) is 18.2. The fraction of sp³-hybridized carbons (Fsp3) is 0.545. The molecule has 0 radical (unpaired) electrons. The Hall–Kier alpha value is -1.75. The van der Waals surface area contributed by atoms with Crippen molar-refractivity contribution in [3.8, 4) is 11.5 Å². The Morgan fingerprint density at radius 3 is 2.30 bits per heavy atom. The number of nitrogens with zero attached hydrogens (tertiary/aromatic N) is 2. The van der Waals surface area contributed by atoms with Gasteiger partial charge in [-0.15, -0.1) is 11.8 Å². The average Bonchev–Trinajstić information content (AvgIpc) is 3.46. The first-order valence-corrected chi connectivity index (χ1v) is 11.4. The van der Waals surface area contributed by atoms with E-state index in [9.17, 15) is 4.79 Å². The second-order valence-electron chi connectivity index (χ2n) is 7.68. The van der Waals surface area contributed by atoms with Crippen LogP contribution >= 0.6 is 11.8 Å². The largest absolute Gasteiger partial charge is 0.444 e. The Morgan fingerprint density at radius 1 is 1.04 bits per heavy atom. The van der Waals surface area contributed by atoms with Gasteiger partial charge in [-0.2, -0.15) is 0 Å². The van der Waals surface area contributed by atoms with E-state index in [4.69, 9.17) is 4.42 Å². The van der Waals surface area contributed by atoms with Gasteiger partial charge in [0, 0.05) is 23.4 Å². The summed E-state index contributed by atoms with van der Waals surface area (Å²) < 4.78 is 5.60. The second kappa shape index (κ2) is 8.96. The number of benzene rings is 1. The molecule has 0 N–H and O–H groups in total. The van der Waals surface area contributed by atoms with Crippen molar-refractivity contribution in [2.24, 2.45) is 0 Å². The number of carbonyl (C=O) groups is 1. The van der Waals surface area contributed by atoms with Gasteiger partial charge in [0.25, 0.3) is 0 Å². The highest BCUT2D eigenvalue weighted by Crippen LogP contribution is 2.32. The van der Waals surface area contributed by atoms with Crippen molar-refractivity contribution in [1.29, 1.82) is 0 Å². The second-order valence-corrected chi connectivity index (χ2v) is 8.67. The maximum atomic E-state index is 13.0. The maximum Gasteiger partial charge on any atom is 0.233 e. The molecule has 2 aliphatic rings. The van der Waals surface area contributed by atoms with Gasteiger partial charge >= 0.3 is 0 Å². The molecule has 0 spiro atoms. The Labute approximate surface area is 165 Å². The van der Waals surface area contributed by atoms with Crippen LogP contribution in [-0.4, -0.2) is 33.6 Å². The first-order chi connectivity index (χ1) is 13.3. The molecule has 0 atom stereocenters. The average molecular weight is 385 g/mol. The fourth-order valence-electron chi connectivity index (χ4n) is 4.47. The summed E-state index contributed by atoms with van der Waals surface area (Å²) >= 11 is 1.66. The lowest BCUT2D eigenvalue weighted by atomic mass is 10.1. The summed E-state index contributed by atoms with van der Waals surface area (Å²) in [5.41, 5.74) is 1.89. The molecule has 0 bridgehead atoms. The highest BCUT2D eigenvalue weighted by molar-refractivity contribution is 7.99. The summed E-state index contributed by atoms with van der Waals surface area (Å²) in [5.74, 6) is 2.23. The first kappa shape index (κ1) is 18.6. The molecule has 2 aromatic rings. The number of hydrogen-bond donors (Lipinski definition) is 0. The molecular formula is C22H28N2O2S. The van der Waals surface area contributed by atoms with E-state index >= 15 is 0 Å². The number of aromatic nitrogens is 1. The number of rotatable bonds is 7. The molecule has 4 nitrogen and oxygen atoms in total. The van der Waals surface area contributed by atoms with Gasteiger partial charge in [0.1, 0.15) is 6.26 Å². The third-order valence-electron chi connectivity index (χ3n) is 5.77. The lowest BCUT2D eigenvalue weighted by Gasteiger charge is -2.34. The molecule has 0 aliphatic heterocycles. The van der Waals surface area contributed by atoms with E-state index in [0.29, 0.717) is 35.4 Å². The van der Waals surface area contributed by atoms with Crippen LogP contribution < -0.4 is 0 Å². The summed E-state index contributed by atoms with van der Waals surface area (Å²) in [5, 5.41) is 0. The number of thioether (sulfide) groups is 1. The predicted molar refractivity (Wildman–Crippen MR) is 109 cm³/mol. The number of oxazole rings is 1. The summed E-state index contributed by atoms with van der Waals surface area (Å²) in [6.45, 7) is 0. The van der Waals surface area contributed by atoms with Crippen molar-refractivity contribution in [2.75, 3.05) is 5.75 Å². The topological polar surface area (TPSA) is 46.3 Å². The molecule has 0 unspecified atom stereocenters. The van der Waals surface area contributed by atoms with Gasteiger partial charge < -0.3 is 9.32 Å². The van der Waals surface area contributed by atoms with E-state index in [-0.39, 0.29) is 0 Å².